The monoisotopic (exact) mass is 389 g/mol. The minimum atomic E-state index is 0. The molecule has 0 unspecified atom stereocenters. The van der Waals surface area contributed by atoms with Gasteiger partial charge in [0.25, 0.3) is 0 Å². The van der Waals surface area contributed by atoms with Gasteiger partial charge in [-0.15, -0.1) is 24.0 Å². The largest absolute Gasteiger partial charge is 0.370 e. The van der Waals surface area contributed by atoms with Gasteiger partial charge in [0.1, 0.15) is 0 Å². The molecule has 0 aromatic heterocycles. The SMILES string of the molecule is CCCCNC(N)=NCc1ccc(C(C)(C)C)cc1.I. The van der Waals surface area contributed by atoms with Crippen LogP contribution in [0.25, 0.3) is 0 Å². The summed E-state index contributed by atoms with van der Waals surface area (Å²) < 4.78 is 0. The Morgan fingerprint density at radius 3 is 2.30 bits per heavy atom. The summed E-state index contributed by atoms with van der Waals surface area (Å²) in [5.74, 6) is 0.536. The van der Waals surface area contributed by atoms with Crippen molar-refractivity contribution in [1.82, 2.24) is 5.32 Å². The molecule has 3 nitrogen and oxygen atoms in total. The standard InChI is InChI=1S/C16H27N3.HI/c1-5-6-11-18-15(17)19-12-13-7-9-14(10-8-13)16(2,3)4;/h7-10H,5-6,11-12H2,1-4H3,(H3,17,18,19);1H. The molecule has 3 N–H and O–H groups in total. The average Bonchev–Trinajstić information content (AvgIpc) is 2.36. The zero-order chi connectivity index (χ0) is 14.3. The van der Waals surface area contributed by atoms with Gasteiger partial charge in [0.15, 0.2) is 5.96 Å². The smallest absolute Gasteiger partial charge is 0.188 e. The van der Waals surface area contributed by atoms with Gasteiger partial charge in [-0.1, -0.05) is 58.4 Å². The summed E-state index contributed by atoms with van der Waals surface area (Å²) in [4.78, 5) is 4.34. The number of rotatable bonds is 5. The molecule has 0 atom stereocenters. The van der Waals surface area contributed by atoms with Gasteiger partial charge >= 0.3 is 0 Å². The number of nitrogens with one attached hydrogen (secondary N) is 1. The molecule has 0 aliphatic rings. The number of guanidine groups is 1. The molecular weight excluding hydrogens is 361 g/mol. The topological polar surface area (TPSA) is 50.4 Å². The Hall–Kier alpha value is -0.780. The van der Waals surface area contributed by atoms with E-state index in [0.29, 0.717) is 12.5 Å². The lowest BCUT2D eigenvalue weighted by molar-refractivity contribution is 0.590. The maximum absolute atomic E-state index is 5.80. The maximum Gasteiger partial charge on any atom is 0.188 e. The number of nitrogens with zero attached hydrogens (tertiary/aromatic N) is 1. The van der Waals surface area contributed by atoms with Crippen LogP contribution >= 0.6 is 24.0 Å². The van der Waals surface area contributed by atoms with E-state index in [1.165, 1.54) is 11.1 Å². The van der Waals surface area contributed by atoms with E-state index in [-0.39, 0.29) is 29.4 Å². The van der Waals surface area contributed by atoms with Crippen LogP contribution in [0.5, 0.6) is 0 Å². The molecule has 4 heteroatoms. The third-order valence-electron chi connectivity index (χ3n) is 3.09. The lowest BCUT2D eigenvalue weighted by Gasteiger charge is -2.18. The van der Waals surface area contributed by atoms with Crippen LogP contribution in [-0.2, 0) is 12.0 Å². The highest BCUT2D eigenvalue weighted by Crippen LogP contribution is 2.22. The predicted molar refractivity (Wildman–Crippen MR) is 98.8 cm³/mol. The summed E-state index contributed by atoms with van der Waals surface area (Å²) in [6.07, 6.45) is 2.28. The summed E-state index contributed by atoms with van der Waals surface area (Å²) in [6.45, 7) is 10.3. The number of halogens is 1. The number of benzene rings is 1. The molecule has 0 heterocycles. The summed E-state index contributed by atoms with van der Waals surface area (Å²) in [6, 6.07) is 8.60. The highest BCUT2D eigenvalue weighted by Gasteiger charge is 2.12. The van der Waals surface area contributed by atoms with Crippen molar-refractivity contribution in [2.75, 3.05) is 6.54 Å². The Bertz CT molecular complexity index is 405. The fourth-order valence-corrected chi connectivity index (χ4v) is 1.74. The first-order chi connectivity index (χ1) is 8.93. The second-order valence-corrected chi connectivity index (χ2v) is 5.93. The van der Waals surface area contributed by atoms with E-state index >= 15 is 0 Å². The lowest BCUT2D eigenvalue weighted by atomic mass is 9.87. The molecule has 0 radical (unpaired) electrons. The molecular formula is C16H28IN3. The van der Waals surface area contributed by atoms with Crippen LogP contribution in [0.1, 0.15) is 51.7 Å². The molecule has 0 aliphatic heterocycles. The molecule has 1 rings (SSSR count). The second kappa shape index (κ2) is 9.21. The van der Waals surface area contributed by atoms with Crippen LogP contribution in [0.4, 0.5) is 0 Å². The van der Waals surface area contributed by atoms with Gasteiger partial charge in [0, 0.05) is 6.54 Å². The zero-order valence-electron chi connectivity index (χ0n) is 13.1. The minimum Gasteiger partial charge on any atom is -0.370 e. The third kappa shape index (κ3) is 7.12. The Balaban J connectivity index is 0.00000361. The Kier molecular flexibility index (Phi) is 8.85. The van der Waals surface area contributed by atoms with E-state index in [2.05, 4.69) is 62.3 Å². The molecule has 0 aliphatic carbocycles. The Morgan fingerprint density at radius 2 is 1.80 bits per heavy atom. The lowest BCUT2D eigenvalue weighted by Crippen LogP contribution is -2.32. The Labute approximate surface area is 140 Å². The van der Waals surface area contributed by atoms with Gasteiger partial charge in [0.2, 0.25) is 0 Å². The van der Waals surface area contributed by atoms with Crippen LogP contribution in [0.15, 0.2) is 29.3 Å². The molecule has 0 spiro atoms. The molecule has 20 heavy (non-hydrogen) atoms. The van der Waals surface area contributed by atoms with Gasteiger partial charge in [0.05, 0.1) is 6.54 Å². The minimum absolute atomic E-state index is 0. The molecule has 114 valence electrons. The van der Waals surface area contributed by atoms with Crippen LogP contribution in [0.3, 0.4) is 0 Å². The number of hydrogen-bond donors (Lipinski definition) is 2. The summed E-state index contributed by atoms with van der Waals surface area (Å²) in [5, 5.41) is 3.12. The van der Waals surface area contributed by atoms with Crippen LogP contribution in [-0.4, -0.2) is 12.5 Å². The number of aliphatic imine (C=N–C) groups is 1. The first-order valence-electron chi connectivity index (χ1n) is 7.06. The van der Waals surface area contributed by atoms with Crippen LogP contribution < -0.4 is 11.1 Å². The maximum atomic E-state index is 5.80. The molecule has 0 saturated carbocycles. The summed E-state index contributed by atoms with van der Waals surface area (Å²) >= 11 is 0. The molecule has 0 amide bonds. The summed E-state index contributed by atoms with van der Waals surface area (Å²) in [7, 11) is 0. The van der Waals surface area contributed by atoms with Crippen molar-refractivity contribution in [1.29, 1.82) is 0 Å². The normalized spacial score (nSPS) is 11.9. The van der Waals surface area contributed by atoms with Gasteiger partial charge in [-0.25, -0.2) is 4.99 Å². The van der Waals surface area contributed by atoms with E-state index < -0.39 is 0 Å². The number of unbranched alkanes of at least 4 members (excludes halogenated alkanes) is 1. The number of hydrogen-bond acceptors (Lipinski definition) is 1. The molecule has 1 aromatic rings. The van der Waals surface area contributed by atoms with E-state index in [4.69, 9.17) is 5.73 Å². The average molecular weight is 389 g/mol. The molecule has 0 fully saturated rings. The number of nitrogens with two attached hydrogens (primary N) is 1. The van der Waals surface area contributed by atoms with Gasteiger partial charge in [-0.2, -0.15) is 0 Å². The first-order valence-corrected chi connectivity index (χ1v) is 7.06. The van der Waals surface area contributed by atoms with Crippen LogP contribution in [0.2, 0.25) is 0 Å². The molecule has 1 aromatic carbocycles. The summed E-state index contributed by atoms with van der Waals surface area (Å²) in [5.41, 5.74) is 8.53. The van der Waals surface area contributed by atoms with E-state index in [9.17, 15) is 0 Å². The van der Waals surface area contributed by atoms with Crippen molar-refractivity contribution in [3.05, 3.63) is 35.4 Å². The Morgan fingerprint density at radius 1 is 1.20 bits per heavy atom. The van der Waals surface area contributed by atoms with Gasteiger partial charge in [-0.05, 0) is 23.0 Å². The first kappa shape index (κ1) is 19.2. The van der Waals surface area contributed by atoms with E-state index in [1.54, 1.807) is 0 Å². The highest BCUT2D eigenvalue weighted by atomic mass is 127. The van der Waals surface area contributed by atoms with Gasteiger partial charge in [-0.3, -0.25) is 0 Å². The van der Waals surface area contributed by atoms with E-state index in [0.717, 1.165) is 19.4 Å². The quantitative estimate of drug-likeness (QED) is 0.348. The molecule has 0 saturated heterocycles. The van der Waals surface area contributed by atoms with Crippen molar-refractivity contribution in [3.8, 4) is 0 Å². The van der Waals surface area contributed by atoms with Crippen molar-refractivity contribution >= 4 is 29.9 Å². The fraction of sp³-hybridized carbons (Fsp3) is 0.562. The second-order valence-electron chi connectivity index (χ2n) is 5.93. The van der Waals surface area contributed by atoms with Crippen molar-refractivity contribution < 1.29 is 0 Å². The molecule has 0 bridgehead atoms. The van der Waals surface area contributed by atoms with Crippen molar-refractivity contribution in [2.24, 2.45) is 10.7 Å². The van der Waals surface area contributed by atoms with E-state index in [1.807, 2.05) is 0 Å². The van der Waals surface area contributed by atoms with Crippen LogP contribution in [0, 0.1) is 0 Å². The fourth-order valence-electron chi connectivity index (χ4n) is 1.74. The zero-order valence-corrected chi connectivity index (χ0v) is 15.4. The van der Waals surface area contributed by atoms with Gasteiger partial charge < -0.3 is 11.1 Å². The highest BCUT2D eigenvalue weighted by molar-refractivity contribution is 14.0. The third-order valence-corrected chi connectivity index (χ3v) is 3.09. The van der Waals surface area contributed by atoms with Crippen molar-refractivity contribution in [2.45, 2.75) is 52.5 Å². The predicted octanol–water partition coefficient (Wildman–Crippen LogP) is 3.81. The van der Waals surface area contributed by atoms with Crippen molar-refractivity contribution in [3.63, 3.8) is 0 Å².